The van der Waals surface area contributed by atoms with E-state index in [-0.39, 0.29) is 30.0 Å². The molecule has 1 aliphatic carbocycles. The van der Waals surface area contributed by atoms with Crippen LogP contribution in [0.3, 0.4) is 0 Å². The van der Waals surface area contributed by atoms with Gasteiger partial charge in [-0.05, 0) is 30.4 Å². The molecule has 1 fully saturated rings. The van der Waals surface area contributed by atoms with Gasteiger partial charge in [-0.1, -0.05) is 68.3 Å². The number of amides is 1. The number of carbonyl (C=O) groups is 1. The van der Waals surface area contributed by atoms with Crippen molar-refractivity contribution in [2.75, 3.05) is 0 Å². The second-order valence-electron chi connectivity index (χ2n) is 8.86. The standard InChI is InChI=1S/C26H28N4O2/c1-18(19-9-3-2-4-10-19)15-29-17-27-24-21-13-7-8-14-22(21)30(25(24)26(29)32)16-23(31)28-20-11-5-6-12-20/h2-4,7-10,13-14,17-18,20H,5-6,11-12,15-16H2,1H3,(H,28,31). The first-order chi connectivity index (χ1) is 15.6. The van der Waals surface area contributed by atoms with Crippen molar-refractivity contribution in [3.63, 3.8) is 0 Å². The van der Waals surface area contributed by atoms with Gasteiger partial charge in [0.2, 0.25) is 5.91 Å². The second kappa shape index (κ2) is 8.61. The lowest BCUT2D eigenvalue weighted by atomic mass is 10.0. The van der Waals surface area contributed by atoms with Crippen LogP contribution in [0.2, 0.25) is 0 Å². The first kappa shape index (κ1) is 20.5. The fourth-order valence-corrected chi connectivity index (χ4v) is 4.91. The van der Waals surface area contributed by atoms with E-state index in [4.69, 9.17) is 0 Å². The average Bonchev–Trinajstić information content (AvgIpc) is 3.43. The molecule has 1 unspecified atom stereocenters. The van der Waals surface area contributed by atoms with Crippen molar-refractivity contribution in [1.29, 1.82) is 0 Å². The summed E-state index contributed by atoms with van der Waals surface area (Å²) in [6, 6.07) is 18.2. The molecule has 5 rings (SSSR count). The fourth-order valence-electron chi connectivity index (χ4n) is 4.91. The van der Waals surface area contributed by atoms with Crippen LogP contribution >= 0.6 is 0 Å². The molecule has 4 aromatic rings. The van der Waals surface area contributed by atoms with Crippen molar-refractivity contribution in [2.24, 2.45) is 0 Å². The molecule has 6 heteroatoms. The molecule has 1 atom stereocenters. The molecule has 0 bridgehead atoms. The van der Waals surface area contributed by atoms with Crippen molar-refractivity contribution < 1.29 is 4.79 Å². The molecular weight excluding hydrogens is 400 g/mol. The largest absolute Gasteiger partial charge is 0.352 e. The molecule has 2 aromatic heterocycles. The second-order valence-corrected chi connectivity index (χ2v) is 8.86. The van der Waals surface area contributed by atoms with Gasteiger partial charge in [-0.3, -0.25) is 14.2 Å². The number of rotatable bonds is 6. The first-order valence-corrected chi connectivity index (χ1v) is 11.4. The molecule has 0 spiro atoms. The zero-order valence-electron chi connectivity index (χ0n) is 18.3. The third-order valence-electron chi connectivity index (χ3n) is 6.60. The summed E-state index contributed by atoms with van der Waals surface area (Å²) in [6.45, 7) is 2.76. The number of fused-ring (bicyclic) bond motifs is 3. The van der Waals surface area contributed by atoms with Gasteiger partial charge in [-0.15, -0.1) is 0 Å². The Morgan fingerprint density at radius 3 is 2.59 bits per heavy atom. The van der Waals surface area contributed by atoms with E-state index in [1.807, 2.05) is 47.0 Å². The summed E-state index contributed by atoms with van der Waals surface area (Å²) in [5, 5.41) is 4.04. The van der Waals surface area contributed by atoms with E-state index >= 15 is 0 Å². The van der Waals surface area contributed by atoms with Crippen LogP contribution in [-0.2, 0) is 17.9 Å². The van der Waals surface area contributed by atoms with Gasteiger partial charge in [0, 0.05) is 18.0 Å². The predicted octanol–water partition coefficient (Wildman–Crippen LogP) is 4.21. The summed E-state index contributed by atoms with van der Waals surface area (Å²) in [6.07, 6.45) is 6.03. The number of hydrogen-bond acceptors (Lipinski definition) is 3. The highest BCUT2D eigenvalue weighted by molar-refractivity contribution is 6.06. The molecule has 32 heavy (non-hydrogen) atoms. The fraction of sp³-hybridized carbons (Fsp3) is 0.346. The molecule has 1 N–H and O–H groups in total. The number of hydrogen-bond donors (Lipinski definition) is 1. The number of benzene rings is 2. The van der Waals surface area contributed by atoms with Crippen molar-refractivity contribution >= 4 is 27.8 Å². The average molecular weight is 429 g/mol. The monoisotopic (exact) mass is 428 g/mol. The van der Waals surface area contributed by atoms with Gasteiger partial charge in [0.25, 0.3) is 5.56 Å². The summed E-state index contributed by atoms with van der Waals surface area (Å²) in [7, 11) is 0. The van der Waals surface area contributed by atoms with E-state index in [0.29, 0.717) is 17.6 Å². The Hall–Kier alpha value is -3.41. The Morgan fingerprint density at radius 1 is 1.09 bits per heavy atom. The van der Waals surface area contributed by atoms with Gasteiger partial charge in [-0.25, -0.2) is 4.98 Å². The Balaban J connectivity index is 1.54. The van der Waals surface area contributed by atoms with E-state index in [9.17, 15) is 9.59 Å². The van der Waals surface area contributed by atoms with E-state index in [2.05, 4.69) is 29.4 Å². The summed E-state index contributed by atoms with van der Waals surface area (Å²) in [5.74, 6) is 0.114. The molecule has 1 amide bonds. The van der Waals surface area contributed by atoms with Crippen molar-refractivity contribution in [2.45, 2.75) is 57.7 Å². The molecule has 0 radical (unpaired) electrons. The number of para-hydroxylation sites is 1. The third-order valence-corrected chi connectivity index (χ3v) is 6.60. The molecule has 1 aliphatic rings. The van der Waals surface area contributed by atoms with Crippen LogP contribution in [-0.4, -0.2) is 26.1 Å². The van der Waals surface area contributed by atoms with Crippen molar-refractivity contribution in [3.05, 3.63) is 76.8 Å². The summed E-state index contributed by atoms with van der Waals surface area (Å²) < 4.78 is 3.51. The quantitative estimate of drug-likeness (QED) is 0.500. The van der Waals surface area contributed by atoms with Crippen LogP contribution in [0, 0.1) is 0 Å². The summed E-state index contributed by atoms with van der Waals surface area (Å²) in [4.78, 5) is 31.1. The SMILES string of the molecule is CC(Cn1cnc2c3ccccc3n(CC(=O)NC3CCCC3)c2c1=O)c1ccccc1. The highest BCUT2D eigenvalue weighted by Crippen LogP contribution is 2.26. The lowest BCUT2D eigenvalue weighted by Crippen LogP contribution is -2.35. The minimum atomic E-state index is -0.109. The van der Waals surface area contributed by atoms with E-state index in [0.717, 1.165) is 36.6 Å². The van der Waals surface area contributed by atoms with Crippen LogP contribution in [0.1, 0.15) is 44.1 Å². The molecule has 6 nitrogen and oxygen atoms in total. The van der Waals surface area contributed by atoms with E-state index < -0.39 is 0 Å². The lowest BCUT2D eigenvalue weighted by molar-refractivity contribution is -0.122. The van der Waals surface area contributed by atoms with Gasteiger partial charge in [0.05, 0.1) is 11.8 Å². The first-order valence-electron chi connectivity index (χ1n) is 11.4. The molecule has 0 aliphatic heterocycles. The minimum absolute atomic E-state index is 0.0491. The number of nitrogens with zero attached hydrogens (tertiary/aromatic N) is 3. The molecule has 2 aromatic carbocycles. The van der Waals surface area contributed by atoms with Crippen LogP contribution in [0.4, 0.5) is 0 Å². The Bertz CT molecular complexity index is 1320. The molecule has 1 saturated carbocycles. The third kappa shape index (κ3) is 3.81. The molecule has 164 valence electrons. The Kier molecular flexibility index (Phi) is 5.52. The Morgan fingerprint density at radius 2 is 1.81 bits per heavy atom. The maximum atomic E-state index is 13.6. The Labute approximate surface area is 186 Å². The topological polar surface area (TPSA) is 68.9 Å². The summed E-state index contributed by atoms with van der Waals surface area (Å²) in [5.41, 5.74) is 3.08. The van der Waals surface area contributed by atoms with E-state index in [1.165, 1.54) is 5.56 Å². The molecule has 2 heterocycles. The number of carbonyl (C=O) groups excluding carboxylic acids is 1. The van der Waals surface area contributed by atoms with Crippen LogP contribution in [0.15, 0.2) is 65.7 Å². The number of aromatic nitrogens is 3. The number of nitrogens with one attached hydrogen (secondary N) is 1. The van der Waals surface area contributed by atoms with Crippen LogP contribution in [0.5, 0.6) is 0 Å². The van der Waals surface area contributed by atoms with Gasteiger partial charge in [-0.2, -0.15) is 0 Å². The summed E-state index contributed by atoms with van der Waals surface area (Å²) >= 11 is 0. The minimum Gasteiger partial charge on any atom is -0.352 e. The molecule has 0 saturated heterocycles. The van der Waals surface area contributed by atoms with Crippen molar-refractivity contribution in [1.82, 2.24) is 19.4 Å². The normalized spacial score (nSPS) is 15.4. The zero-order chi connectivity index (χ0) is 22.1. The van der Waals surface area contributed by atoms with Crippen LogP contribution in [0.25, 0.3) is 21.9 Å². The molecular formula is C26H28N4O2. The van der Waals surface area contributed by atoms with Gasteiger partial charge < -0.3 is 9.88 Å². The van der Waals surface area contributed by atoms with Gasteiger partial charge >= 0.3 is 0 Å². The van der Waals surface area contributed by atoms with Crippen LogP contribution < -0.4 is 10.9 Å². The highest BCUT2D eigenvalue weighted by Gasteiger charge is 2.21. The highest BCUT2D eigenvalue weighted by atomic mass is 16.2. The zero-order valence-corrected chi connectivity index (χ0v) is 18.3. The van der Waals surface area contributed by atoms with E-state index in [1.54, 1.807) is 10.9 Å². The predicted molar refractivity (Wildman–Crippen MR) is 127 cm³/mol. The van der Waals surface area contributed by atoms with Crippen molar-refractivity contribution in [3.8, 4) is 0 Å². The maximum absolute atomic E-state index is 13.6. The van der Waals surface area contributed by atoms with Gasteiger partial charge in [0.1, 0.15) is 17.6 Å². The maximum Gasteiger partial charge on any atom is 0.277 e. The van der Waals surface area contributed by atoms with Gasteiger partial charge in [0.15, 0.2) is 0 Å². The smallest absolute Gasteiger partial charge is 0.277 e. The lowest BCUT2D eigenvalue weighted by Gasteiger charge is -2.15.